The molecule has 0 amide bonds. The molecule has 0 spiro atoms. The van der Waals surface area contributed by atoms with Gasteiger partial charge in [0.1, 0.15) is 0 Å². The normalized spacial score (nSPS) is 24.4. The lowest BCUT2D eigenvalue weighted by molar-refractivity contribution is 0.251. The Bertz CT molecular complexity index is 234. The van der Waals surface area contributed by atoms with Crippen molar-refractivity contribution in [1.29, 1.82) is 0 Å². The summed E-state index contributed by atoms with van der Waals surface area (Å²) >= 11 is 0. The van der Waals surface area contributed by atoms with Crippen LogP contribution in [0.3, 0.4) is 0 Å². The highest BCUT2D eigenvalue weighted by Crippen LogP contribution is 2.18. The van der Waals surface area contributed by atoms with Gasteiger partial charge in [0.2, 0.25) is 0 Å². The lowest BCUT2D eigenvalue weighted by Crippen LogP contribution is -2.29. The van der Waals surface area contributed by atoms with E-state index >= 15 is 0 Å². The Morgan fingerprint density at radius 1 is 1.07 bits per heavy atom. The molecule has 0 aromatic rings. The van der Waals surface area contributed by atoms with Crippen LogP contribution in [-0.2, 0) is 0 Å². The summed E-state index contributed by atoms with van der Waals surface area (Å²) in [6, 6.07) is 0. The summed E-state index contributed by atoms with van der Waals surface area (Å²) in [5.74, 6) is 0. The molecule has 1 heterocycles. The van der Waals surface area contributed by atoms with E-state index in [1.807, 2.05) is 0 Å². The third-order valence-electron chi connectivity index (χ3n) is 3.47. The first-order valence-electron chi connectivity index (χ1n) is 6.53. The van der Waals surface area contributed by atoms with Crippen molar-refractivity contribution in [2.45, 2.75) is 44.9 Å². The molecule has 0 bridgehead atoms. The van der Waals surface area contributed by atoms with Crippen LogP contribution >= 0.6 is 0 Å². The van der Waals surface area contributed by atoms with Gasteiger partial charge in [0, 0.05) is 6.54 Å². The molecule has 0 atom stereocenters. The zero-order valence-corrected chi connectivity index (χ0v) is 9.75. The molecule has 0 N–H and O–H groups in total. The lowest BCUT2D eigenvalue weighted by atomic mass is 9.99. The molecule has 0 radical (unpaired) electrons. The topological polar surface area (TPSA) is 3.24 Å². The lowest BCUT2D eigenvalue weighted by Gasteiger charge is -2.24. The average molecular weight is 205 g/mol. The number of likely N-dealkylation sites (tertiary alicyclic amines) is 1. The molecular weight excluding hydrogens is 182 g/mol. The van der Waals surface area contributed by atoms with Crippen molar-refractivity contribution in [3.8, 4) is 0 Å². The van der Waals surface area contributed by atoms with Gasteiger partial charge in [-0.15, -0.1) is 0 Å². The highest BCUT2D eigenvalue weighted by Gasteiger charge is 2.07. The Morgan fingerprint density at radius 2 is 1.93 bits per heavy atom. The van der Waals surface area contributed by atoms with Crippen molar-refractivity contribution in [2.75, 3.05) is 19.6 Å². The second kappa shape index (κ2) is 6.12. The van der Waals surface area contributed by atoms with E-state index in [2.05, 4.69) is 23.1 Å². The summed E-state index contributed by atoms with van der Waals surface area (Å²) in [6.07, 6.45) is 16.7. The number of hydrogen-bond acceptors (Lipinski definition) is 1. The first-order valence-corrected chi connectivity index (χ1v) is 6.53. The molecule has 1 aliphatic heterocycles. The van der Waals surface area contributed by atoms with Crippen LogP contribution in [0, 0.1) is 0 Å². The van der Waals surface area contributed by atoms with Crippen molar-refractivity contribution in [1.82, 2.24) is 4.90 Å². The highest BCUT2D eigenvalue weighted by molar-refractivity contribution is 5.20. The minimum absolute atomic E-state index is 1.16. The quantitative estimate of drug-likeness (QED) is 0.681. The fourth-order valence-corrected chi connectivity index (χ4v) is 2.51. The van der Waals surface area contributed by atoms with Crippen LogP contribution in [0.4, 0.5) is 0 Å². The van der Waals surface area contributed by atoms with E-state index < -0.39 is 0 Å². The molecule has 0 aromatic heterocycles. The Balaban J connectivity index is 1.71. The van der Waals surface area contributed by atoms with Gasteiger partial charge in [-0.2, -0.15) is 0 Å². The van der Waals surface area contributed by atoms with Crippen molar-refractivity contribution in [3.63, 3.8) is 0 Å². The fraction of sp³-hybridized carbons (Fsp3) is 0.714. The first-order chi connectivity index (χ1) is 7.45. The summed E-state index contributed by atoms with van der Waals surface area (Å²) in [5.41, 5.74) is 1.57. The van der Waals surface area contributed by atoms with E-state index in [0.29, 0.717) is 0 Å². The molecule has 2 aliphatic rings. The molecule has 84 valence electrons. The zero-order chi connectivity index (χ0) is 10.3. The smallest absolute Gasteiger partial charge is 0.0166 e. The third-order valence-corrected chi connectivity index (χ3v) is 3.47. The van der Waals surface area contributed by atoms with Gasteiger partial charge in [-0.3, -0.25) is 4.90 Å². The summed E-state index contributed by atoms with van der Waals surface area (Å²) in [6.45, 7) is 3.78. The van der Waals surface area contributed by atoms with Crippen LogP contribution in [0.15, 0.2) is 23.8 Å². The summed E-state index contributed by atoms with van der Waals surface area (Å²) in [7, 11) is 0. The number of nitrogens with zero attached hydrogens (tertiary/aromatic N) is 1. The van der Waals surface area contributed by atoms with E-state index in [1.54, 1.807) is 5.57 Å². The first kappa shape index (κ1) is 10.9. The number of hydrogen-bond donors (Lipinski definition) is 0. The van der Waals surface area contributed by atoms with E-state index in [0.717, 1.165) is 6.54 Å². The van der Waals surface area contributed by atoms with Gasteiger partial charge in [0.25, 0.3) is 0 Å². The number of rotatable bonds is 3. The van der Waals surface area contributed by atoms with Crippen LogP contribution in [0.5, 0.6) is 0 Å². The van der Waals surface area contributed by atoms with Crippen molar-refractivity contribution >= 4 is 0 Å². The van der Waals surface area contributed by atoms with Crippen LogP contribution in [-0.4, -0.2) is 24.5 Å². The Labute approximate surface area is 93.9 Å². The maximum Gasteiger partial charge on any atom is 0.0166 e. The number of allylic oxidation sites excluding steroid dienone is 3. The summed E-state index contributed by atoms with van der Waals surface area (Å²) in [4.78, 5) is 2.57. The van der Waals surface area contributed by atoms with Crippen LogP contribution in [0.2, 0.25) is 0 Å². The van der Waals surface area contributed by atoms with Crippen LogP contribution < -0.4 is 0 Å². The highest BCUT2D eigenvalue weighted by atomic mass is 15.1. The van der Waals surface area contributed by atoms with E-state index in [9.17, 15) is 0 Å². The minimum atomic E-state index is 1.16. The third kappa shape index (κ3) is 3.83. The Morgan fingerprint density at radius 3 is 2.67 bits per heavy atom. The van der Waals surface area contributed by atoms with Crippen molar-refractivity contribution < 1.29 is 0 Å². The second-order valence-electron chi connectivity index (χ2n) is 4.79. The predicted octanol–water partition coefficient (Wildman–Crippen LogP) is 3.53. The SMILES string of the molecule is C1=C(/C=C\CN2CCCCC2)CCCC1. The second-order valence-corrected chi connectivity index (χ2v) is 4.79. The molecule has 0 unspecified atom stereocenters. The molecule has 15 heavy (non-hydrogen) atoms. The Hall–Kier alpha value is -0.560. The molecule has 0 aromatic carbocycles. The maximum absolute atomic E-state index is 2.57. The van der Waals surface area contributed by atoms with E-state index in [4.69, 9.17) is 0 Å². The minimum Gasteiger partial charge on any atom is -0.300 e. The number of piperidine rings is 1. The van der Waals surface area contributed by atoms with Crippen molar-refractivity contribution in [2.24, 2.45) is 0 Å². The summed E-state index contributed by atoms with van der Waals surface area (Å²) in [5, 5.41) is 0. The average Bonchev–Trinajstić information content (AvgIpc) is 2.32. The maximum atomic E-state index is 2.57. The van der Waals surface area contributed by atoms with Gasteiger partial charge in [-0.25, -0.2) is 0 Å². The largest absolute Gasteiger partial charge is 0.300 e. The van der Waals surface area contributed by atoms with E-state index in [1.165, 1.54) is 58.0 Å². The molecule has 1 nitrogen and oxygen atoms in total. The van der Waals surface area contributed by atoms with Crippen molar-refractivity contribution in [3.05, 3.63) is 23.8 Å². The van der Waals surface area contributed by atoms with Crippen LogP contribution in [0.25, 0.3) is 0 Å². The predicted molar refractivity (Wildman–Crippen MR) is 66.0 cm³/mol. The molecule has 1 saturated heterocycles. The van der Waals surface area contributed by atoms with E-state index in [-0.39, 0.29) is 0 Å². The fourth-order valence-electron chi connectivity index (χ4n) is 2.51. The zero-order valence-electron chi connectivity index (χ0n) is 9.75. The standard InChI is InChI=1S/C14H23N/c1-3-8-14(9-4-1)10-7-13-15-11-5-2-6-12-15/h7-8,10H,1-6,9,11-13H2/b10-7-. The molecule has 2 rings (SSSR count). The van der Waals surface area contributed by atoms with Gasteiger partial charge in [-0.1, -0.05) is 30.2 Å². The molecule has 1 aliphatic carbocycles. The molecule has 1 heteroatoms. The van der Waals surface area contributed by atoms with Crippen LogP contribution in [0.1, 0.15) is 44.9 Å². The van der Waals surface area contributed by atoms with Gasteiger partial charge in [0.05, 0.1) is 0 Å². The summed E-state index contributed by atoms with van der Waals surface area (Å²) < 4.78 is 0. The van der Waals surface area contributed by atoms with Gasteiger partial charge in [0.15, 0.2) is 0 Å². The molecule has 0 saturated carbocycles. The Kier molecular flexibility index (Phi) is 4.46. The molecule has 1 fully saturated rings. The van der Waals surface area contributed by atoms with Gasteiger partial charge >= 0.3 is 0 Å². The monoisotopic (exact) mass is 205 g/mol. The van der Waals surface area contributed by atoms with Gasteiger partial charge < -0.3 is 0 Å². The molecular formula is C14H23N. The van der Waals surface area contributed by atoms with Gasteiger partial charge in [-0.05, 0) is 51.6 Å².